The smallest absolute Gasteiger partial charge is 0.251 e. The van der Waals surface area contributed by atoms with E-state index in [9.17, 15) is 4.79 Å². The Hall–Kier alpha value is -3.14. The fraction of sp³-hybridized carbons (Fsp3) is 0.217. The summed E-state index contributed by atoms with van der Waals surface area (Å²) in [4.78, 5) is 16.5. The molecule has 3 aromatic rings. The van der Waals surface area contributed by atoms with Crippen molar-refractivity contribution in [2.45, 2.75) is 32.9 Å². The lowest BCUT2D eigenvalue weighted by atomic mass is 10.1. The lowest BCUT2D eigenvalue weighted by Crippen LogP contribution is -2.26. The van der Waals surface area contributed by atoms with E-state index in [0.29, 0.717) is 12.2 Å². The molecule has 138 valence electrons. The van der Waals surface area contributed by atoms with Crippen LogP contribution >= 0.6 is 0 Å². The van der Waals surface area contributed by atoms with Gasteiger partial charge in [0.25, 0.3) is 5.91 Å². The molecule has 0 aliphatic heterocycles. The number of pyridine rings is 1. The molecule has 0 aliphatic carbocycles. The molecule has 27 heavy (non-hydrogen) atoms. The molecule has 0 saturated heterocycles. The first kappa shape index (κ1) is 18.6. The Morgan fingerprint density at radius 1 is 1.04 bits per heavy atom. The highest BCUT2D eigenvalue weighted by Gasteiger charge is 2.11. The number of carbonyl (C=O) groups excluding carboxylic acids is 1. The summed E-state index contributed by atoms with van der Waals surface area (Å²) in [7, 11) is 0. The number of benzene rings is 2. The van der Waals surface area contributed by atoms with E-state index in [1.165, 1.54) is 5.56 Å². The molecule has 0 radical (unpaired) electrons. The van der Waals surface area contributed by atoms with Gasteiger partial charge in [-0.3, -0.25) is 9.78 Å². The van der Waals surface area contributed by atoms with Crippen LogP contribution in [0.1, 0.15) is 46.9 Å². The zero-order chi connectivity index (χ0) is 19.1. The molecule has 3 rings (SSSR count). The van der Waals surface area contributed by atoms with Crippen molar-refractivity contribution in [2.24, 2.45) is 0 Å². The molecule has 1 unspecified atom stereocenters. The summed E-state index contributed by atoms with van der Waals surface area (Å²) in [6.07, 6.45) is 4.50. The minimum absolute atomic E-state index is 0.0675. The van der Waals surface area contributed by atoms with E-state index < -0.39 is 0 Å². The summed E-state index contributed by atoms with van der Waals surface area (Å²) in [5.41, 5.74) is 3.95. The fourth-order valence-electron chi connectivity index (χ4n) is 2.76. The zero-order valence-corrected chi connectivity index (χ0v) is 15.7. The first-order valence-electron chi connectivity index (χ1n) is 9.17. The van der Waals surface area contributed by atoms with E-state index >= 15 is 0 Å². The van der Waals surface area contributed by atoms with E-state index in [2.05, 4.69) is 17.2 Å². The number of aryl methyl sites for hydroxylation is 1. The maximum Gasteiger partial charge on any atom is 0.251 e. The average molecular weight is 360 g/mol. The van der Waals surface area contributed by atoms with Gasteiger partial charge in [0.15, 0.2) is 0 Å². The molecule has 2 aromatic carbocycles. The maximum absolute atomic E-state index is 12.4. The summed E-state index contributed by atoms with van der Waals surface area (Å²) in [6.45, 7) is 4.55. The van der Waals surface area contributed by atoms with Gasteiger partial charge < -0.3 is 10.1 Å². The molecule has 1 N–H and O–H groups in total. The van der Waals surface area contributed by atoms with Gasteiger partial charge in [-0.2, -0.15) is 0 Å². The van der Waals surface area contributed by atoms with Gasteiger partial charge in [-0.25, -0.2) is 0 Å². The Balaban J connectivity index is 1.56. The molecule has 0 aliphatic rings. The van der Waals surface area contributed by atoms with Gasteiger partial charge in [0.2, 0.25) is 0 Å². The summed E-state index contributed by atoms with van der Waals surface area (Å²) in [5.74, 6) is 0.721. The van der Waals surface area contributed by atoms with Crippen LogP contribution < -0.4 is 10.1 Å². The third kappa shape index (κ3) is 5.17. The molecule has 0 saturated carbocycles. The van der Waals surface area contributed by atoms with E-state index in [1.807, 2.05) is 67.6 Å². The molecule has 0 spiro atoms. The van der Waals surface area contributed by atoms with Crippen LogP contribution in [0.5, 0.6) is 5.75 Å². The number of rotatable bonds is 7. The van der Waals surface area contributed by atoms with Gasteiger partial charge in [0, 0.05) is 23.5 Å². The molecular formula is C23H24N2O2. The van der Waals surface area contributed by atoms with Crippen LogP contribution in [-0.4, -0.2) is 10.9 Å². The number of hydrogen-bond donors (Lipinski definition) is 1. The standard InChI is InChI=1S/C23H24N2O2/c1-3-18-6-8-21(9-7-18)23(26)25-17(2)20-10-12-22(13-11-20)27-16-19-5-4-14-24-15-19/h4-15,17H,3,16H2,1-2H3,(H,25,26). The highest BCUT2D eigenvalue weighted by Crippen LogP contribution is 2.19. The minimum atomic E-state index is -0.0873. The SMILES string of the molecule is CCc1ccc(C(=O)NC(C)c2ccc(OCc3cccnc3)cc2)cc1. The Morgan fingerprint density at radius 3 is 2.41 bits per heavy atom. The second kappa shape index (κ2) is 8.99. The van der Waals surface area contributed by atoms with Gasteiger partial charge in [0.05, 0.1) is 6.04 Å². The number of amides is 1. The zero-order valence-electron chi connectivity index (χ0n) is 15.7. The van der Waals surface area contributed by atoms with Crippen molar-refractivity contribution in [3.63, 3.8) is 0 Å². The first-order chi connectivity index (χ1) is 13.2. The highest BCUT2D eigenvalue weighted by atomic mass is 16.5. The van der Waals surface area contributed by atoms with E-state index in [1.54, 1.807) is 12.4 Å². The Bertz CT molecular complexity index is 859. The number of ether oxygens (including phenoxy) is 1. The summed E-state index contributed by atoms with van der Waals surface area (Å²) >= 11 is 0. The first-order valence-corrected chi connectivity index (χ1v) is 9.17. The topological polar surface area (TPSA) is 51.2 Å². The fourth-order valence-corrected chi connectivity index (χ4v) is 2.76. The lowest BCUT2D eigenvalue weighted by molar-refractivity contribution is 0.0940. The van der Waals surface area contributed by atoms with Crippen molar-refractivity contribution in [1.82, 2.24) is 10.3 Å². The Kier molecular flexibility index (Phi) is 6.21. The molecule has 1 heterocycles. The van der Waals surface area contributed by atoms with Crippen LogP contribution in [0.2, 0.25) is 0 Å². The van der Waals surface area contributed by atoms with Gasteiger partial charge in [0.1, 0.15) is 12.4 Å². The van der Waals surface area contributed by atoms with Crippen LogP contribution in [0, 0.1) is 0 Å². The monoisotopic (exact) mass is 360 g/mol. The molecule has 1 aromatic heterocycles. The molecular weight excluding hydrogens is 336 g/mol. The van der Waals surface area contributed by atoms with Gasteiger partial charge in [-0.05, 0) is 54.8 Å². The maximum atomic E-state index is 12.4. The molecule has 4 nitrogen and oxygen atoms in total. The minimum Gasteiger partial charge on any atom is -0.489 e. The second-order valence-corrected chi connectivity index (χ2v) is 6.46. The Labute approximate surface area is 160 Å². The van der Waals surface area contributed by atoms with Crippen LogP contribution in [0.25, 0.3) is 0 Å². The quantitative estimate of drug-likeness (QED) is 0.664. The van der Waals surface area contributed by atoms with Gasteiger partial charge in [-0.15, -0.1) is 0 Å². The lowest BCUT2D eigenvalue weighted by Gasteiger charge is -2.15. The molecule has 4 heteroatoms. The van der Waals surface area contributed by atoms with Crippen LogP contribution in [0.4, 0.5) is 0 Å². The number of aromatic nitrogens is 1. The molecule has 0 bridgehead atoms. The number of carbonyl (C=O) groups is 1. The second-order valence-electron chi connectivity index (χ2n) is 6.46. The summed E-state index contributed by atoms with van der Waals surface area (Å²) in [5, 5.41) is 3.04. The number of nitrogens with zero attached hydrogens (tertiary/aromatic N) is 1. The van der Waals surface area contributed by atoms with Crippen molar-refractivity contribution in [3.8, 4) is 5.75 Å². The largest absolute Gasteiger partial charge is 0.489 e. The molecule has 1 amide bonds. The van der Waals surface area contributed by atoms with E-state index in [4.69, 9.17) is 4.74 Å². The van der Waals surface area contributed by atoms with E-state index in [0.717, 1.165) is 23.3 Å². The van der Waals surface area contributed by atoms with E-state index in [-0.39, 0.29) is 11.9 Å². The Morgan fingerprint density at radius 2 is 1.78 bits per heavy atom. The number of hydrogen-bond acceptors (Lipinski definition) is 3. The van der Waals surface area contributed by atoms with Gasteiger partial charge >= 0.3 is 0 Å². The normalized spacial score (nSPS) is 11.6. The highest BCUT2D eigenvalue weighted by molar-refractivity contribution is 5.94. The number of nitrogens with one attached hydrogen (secondary N) is 1. The summed E-state index contributed by atoms with van der Waals surface area (Å²) < 4.78 is 5.77. The van der Waals surface area contributed by atoms with Crippen LogP contribution in [0.15, 0.2) is 73.1 Å². The van der Waals surface area contributed by atoms with Crippen LogP contribution in [0.3, 0.4) is 0 Å². The van der Waals surface area contributed by atoms with Crippen molar-refractivity contribution >= 4 is 5.91 Å². The molecule has 0 fully saturated rings. The molecule has 1 atom stereocenters. The predicted molar refractivity (Wildman–Crippen MR) is 107 cm³/mol. The van der Waals surface area contributed by atoms with Crippen molar-refractivity contribution < 1.29 is 9.53 Å². The van der Waals surface area contributed by atoms with Crippen LogP contribution in [-0.2, 0) is 13.0 Å². The summed E-state index contributed by atoms with van der Waals surface area (Å²) in [6, 6.07) is 19.3. The van der Waals surface area contributed by atoms with Crippen molar-refractivity contribution in [2.75, 3.05) is 0 Å². The van der Waals surface area contributed by atoms with Crippen molar-refractivity contribution in [3.05, 3.63) is 95.3 Å². The third-order valence-electron chi connectivity index (χ3n) is 4.48. The average Bonchev–Trinajstić information content (AvgIpc) is 2.73. The predicted octanol–water partition coefficient (Wildman–Crippen LogP) is 4.71. The van der Waals surface area contributed by atoms with Gasteiger partial charge in [-0.1, -0.05) is 37.3 Å². The third-order valence-corrected chi connectivity index (χ3v) is 4.48. The van der Waals surface area contributed by atoms with Crippen molar-refractivity contribution in [1.29, 1.82) is 0 Å².